The van der Waals surface area contributed by atoms with Gasteiger partial charge in [0.15, 0.2) is 11.9 Å². The Bertz CT molecular complexity index is 259. The molecular weight excluding hydrogens is 192 g/mol. The van der Waals surface area contributed by atoms with E-state index in [1.54, 1.807) is 6.92 Å². The van der Waals surface area contributed by atoms with E-state index in [2.05, 4.69) is 4.74 Å². The Hall–Kier alpha value is -1.27. The van der Waals surface area contributed by atoms with Crippen LogP contribution >= 0.6 is 0 Å². The molecule has 0 saturated heterocycles. The first-order chi connectivity index (χ1) is 6.61. The zero-order valence-electron chi connectivity index (χ0n) is 7.64. The molecule has 0 aromatic carbocycles. The molecule has 0 spiro atoms. The van der Waals surface area contributed by atoms with Crippen molar-refractivity contribution in [3.63, 3.8) is 0 Å². The molecule has 0 aromatic rings. The van der Waals surface area contributed by atoms with Crippen LogP contribution in [0.15, 0.2) is 11.5 Å². The van der Waals surface area contributed by atoms with Crippen LogP contribution in [0.5, 0.6) is 0 Å². The summed E-state index contributed by atoms with van der Waals surface area (Å²) >= 11 is 0. The number of hydrogen-bond donors (Lipinski definition) is 3. The van der Waals surface area contributed by atoms with Crippen LogP contribution in [-0.2, 0) is 14.3 Å². The summed E-state index contributed by atoms with van der Waals surface area (Å²) in [4.78, 5) is 10.9. The molecule has 0 saturated carbocycles. The minimum atomic E-state index is -1.29. The lowest BCUT2D eigenvalue weighted by Gasteiger charge is -2.17. The molecule has 14 heavy (non-hydrogen) atoms. The first kappa shape index (κ1) is 10.8. The Morgan fingerprint density at radius 3 is 2.79 bits per heavy atom. The summed E-state index contributed by atoms with van der Waals surface area (Å²) in [5, 5.41) is 27.1. The summed E-state index contributed by atoms with van der Waals surface area (Å²) < 4.78 is 9.53. The average Bonchev–Trinajstić information content (AvgIpc) is 2.45. The number of rotatable bonds is 4. The van der Waals surface area contributed by atoms with Gasteiger partial charge in [-0.15, -0.1) is 0 Å². The fourth-order valence-electron chi connectivity index (χ4n) is 1.12. The van der Waals surface area contributed by atoms with Crippen molar-refractivity contribution in [2.24, 2.45) is 0 Å². The molecule has 0 bridgehead atoms. The molecule has 1 heterocycles. The lowest BCUT2D eigenvalue weighted by molar-refractivity contribution is -0.148. The molecule has 0 aliphatic carbocycles. The second-order valence-corrected chi connectivity index (χ2v) is 2.72. The Morgan fingerprint density at radius 2 is 2.29 bits per heavy atom. The predicted octanol–water partition coefficient (Wildman–Crippen LogP) is -0.929. The third-order valence-corrected chi connectivity index (χ3v) is 1.76. The third-order valence-electron chi connectivity index (χ3n) is 1.76. The van der Waals surface area contributed by atoms with Gasteiger partial charge in [0.1, 0.15) is 6.10 Å². The zero-order chi connectivity index (χ0) is 10.7. The maximum Gasteiger partial charge on any atom is 0.378 e. The van der Waals surface area contributed by atoms with Crippen molar-refractivity contribution in [1.29, 1.82) is 0 Å². The Labute approximate surface area is 80.4 Å². The second kappa shape index (κ2) is 4.30. The molecule has 2 atom stereocenters. The molecule has 0 amide bonds. The Kier molecular flexibility index (Phi) is 3.32. The maximum atomic E-state index is 10.9. The van der Waals surface area contributed by atoms with Gasteiger partial charge in [0.2, 0.25) is 5.76 Å². The quantitative estimate of drug-likeness (QED) is 0.512. The number of aliphatic hydroxyl groups excluding tert-OH is 3. The number of carbonyl (C=O) groups excluding carboxylic acids is 1. The number of hydrogen-bond acceptors (Lipinski definition) is 6. The van der Waals surface area contributed by atoms with Crippen LogP contribution in [0.3, 0.4) is 0 Å². The smallest absolute Gasteiger partial charge is 0.378 e. The van der Waals surface area contributed by atoms with E-state index in [4.69, 9.17) is 9.84 Å². The van der Waals surface area contributed by atoms with Gasteiger partial charge >= 0.3 is 5.97 Å². The summed E-state index contributed by atoms with van der Waals surface area (Å²) in [5.74, 6) is -1.73. The molecule has 1 rings (SSSR count). The van der Waals surface area contributed by atoms with Gasteiger partial charge in [-0.25, -0.2) is 4.79 Å². The van der Waals surface area contributed by atoms with Crippen molar-refractivity contribution < 1.29 is 29.6 Å². The van der Waals surface area contributed by atoms with Crippen molar-refractivity contribution in [3.8, 4) is 0 Å². The third kappa shape index (κ3) is 1.80. The summed E-state index contributed by atoms with van der Waals surface area (Å²) in [6, 6.07) is 0. The maximum absolute atomic E-state index is 10.9. The Morgan fingerprint density at radius 1 is 1.64 bits per heavy atom. The fraction of sp³-hybridized carbons (Fsp3) is 0.625. The fourth-order valence-corrected chi connectivity index (χ4v) is 1.12. The predicted molar refractivity (Wildman–Crippen MR) is 44.3 cm³/mol. The molecule has 6 nitrogen and oxygen atoms in total. The highest BCUT2D eigenvalue weighted by molar-refractivity contribution is 5.89. The first-order valence-electron chi connectivity index (χ1n) is 4.17. The summed E-state index contributed by atoms with van der Waals surface area (Å²) in [5.41, 5.74) is 0. The van der Waals surface area contributed by atoms with E-state index in [0.717, 1.165) is 0 Å². The van der Waals surface area contributed by atoms with Gasteiger partial charge < -0.3 is 24.8 Å². The lowest BCUT2D eigenvalue weighted by atomic mass is 10.2. The number of esters is 1. The van der Waals surface area contributed by atoms with Crippen molar-refractivity contribution in [2.75, 3.05) is 13.2 Å². The van der Waals surface area contributed by atoms with Crippen molar-refractivity contribution in [2.45, 2.75) is 19.1 Å². The summed E-state index contributed by atoms with van der Waals surface area (Å²) in [6.45, 7) is 1.30. The largest absolute Gasteiger partial charge is 0.499 e. The highest BCUT2D eigenvalue weighted by atomic mass is 16.6. The SMILES string of the molecule is CCOC1=C(O)C(=O)O[C@H]1[C@@H](O)CO. The molecule has 80 valence electrons. The molecule has 0 fully saturated rings. The number of cyclic esters (lactones) is 1. The van der Waals surface area contributed by atoms with Crippen molar-refractivity contribution >= 4 is 5.97 Å². The van der Waals surface area contributed by atoms with Crippen molar-refractivity contribution in [3.05, 3.63) is 11.5 Å². The lowest BCUT2D eigenvalue weighted by Crippen LogP contribution is -2.32. The van der Waals surface area contributed by atoms with Gasteiger partial charge in [-0.3, -0.25) is 0 Å². The van der Waals surface area contributed by atoms with E-state index in [-0.39, 0.29) is 12.4 Å². The standard InChI is InChI=1S/C8H12O6/c1-2-13-7-5(11)8(12)14-6(7)4(10)3-9/h4,6,9-11H,2-3H2,1H3/t4-,6-/m0/s1. The van der Waals surface area contributed by atoms with Crippen LogP contribution in [0.25, 0.3) is 0 Å². The molecule has 0 unspecified atom stereocenters. The van der Waals surface area contributed by atoms with Gasteiger partial charge in [0.05, 0.1) is 13.2 Å². The van der Waals surface area contributed by atoms with E-state index < -0.39 is 30.5 Å². The molecule has 0 radical (unpaired) electrons. The topological polar surface area (TPSA) is 96.2 Å². The molecule has 6 heteroatoms. The van der Waals surface area contributed by atoms with Crippen LogP contribution in [0.4, 0.5) is 0 Å². The van der Waals surface area contributed by atoms with Gasteiger partial charge in [0.25, 0.3) is 0 Å². The minimum absolute atomic E-state index is 0.126. The van der Waals surface area contributed by atoms with Gasteiger partial charge in [-0.1, -0.05) is 0 Å². The van der Waals surface area contributed by atoms with Gasteiger partial charge in [-0.2, -0.15) is 0 Å². The van der Waals surface area contributed by atoms with Gasteiger partial charge in [0, 0.05) is 0 Å². The molecule has 0 aromatic heterocycles. The minimum Gasteiger partial charge on any atom is -0.499 e. The normalized spacial score (nSPS) is 23.6. The Balaban J connectivity index is 2.84. The van der Waals surface area contributed by atoms with E-state index >= 15 is 0 Å². The number of carbonyl (C=O) groups is 1. The van der Waals surface area contributed by atoms with Crippen molar-refractivity contribution in [1.82, 2.24) is 0 Å². The van der Waals surface area contributed by atoms with Crippen LogP contribution in [-0.4, -0.2) is 46.7 Å². The highest BCUT2D eigenvalue weighted by Crippen LogP contribution is 2.24. The average molecular weight is 204 g/mol. The second-order valence-electron chi connectivity index (χ2n) is 2.72. The van der Waals surface area contributed by atoms with E-state index in [1.165, 1.54) is 0 Å². The molecule has 1 aliphatic heterocycles. The zero-order valence-corrected chi connectivity index (χ0v) is 7.64. The highest BCUT2D eigenvalue weighted by Gasteiger charge is 2.40. The van der Waals surface area contributed by atoms with Crippen LogP contribution in [0, 0.1) is 0 Å². The monoisotopic (exact) mass is 204 g/mol. The van der Waals surface area contributed by atoms with Crippen LogP contribution in [0.2, 0.25) is 0 Å². The van der Waals surface area contributed by atoms with Crippen LogP contribution < -0.4 is 0 Å². The van der Waals surface area contributed by atoms with Gasteiger partial charge in [-0.05, 0) is 6.92 Å². The molecule has 3 N–H and O–H groups in total. The van der Waals surface area contributed by atoms with E-state index in [1.807, 2.05) is 0 Å². The first-order valence-corrected chi connectivity index (χ1v) is 4.17. The molecular formula is C8H12O6. The number of aliphatic hydroxyl groups is 3. The summed E-state index contributed by atoms with van der Waals surface area (Å²) in [7, 11) is 0. The van der Waals surface area contributed by atoms with E-state index in [9.17, 15) is 15.0 Å². The molecule has 1 aliphatic rings. The summed E-state index contributed by atoms with van der Waals surface area (Å²) in [6.07, 6.45) is -2.41. The number of ether oxygens (including phenoxy) is 2. The van der Waals surface area contributed by atoms with Crippen LogP contribution in [0.1, 0.15) is 6.92 Å². The van der Waals surface area contributed by atoms with E-state index in [0.29, 0.717) is 0 Å².